The van der Waals surface area contributed by atoms with Gasteiger partial charge in [0.25, 0.3) is 0 Å². The third-order valence-corrected chi connectivity index (χ3v) is 3.04. The summed E-state index contributed by atoms with van der Waals surface area (Å²) in [5, 5.41) is 4.40. The van der Waals surface area contributed by atoms with Gasteiger partial charge in [-0.15, -0.1) is 0 Å². The zero-order valence-corrected chi connectivity index (χ0v) is 10.9. The minimum absolute atomic E-state index is 0.475. The van der Waals surface area contributed by atoms with Gasteiger partial charge in [0.1, 0.15) is 0 Å². The van der Waals surface area contributed by atoms with Gasteiger partial charge in [0.05, 0.1) is 5.69 Å². The van der Waals surface area contributed by atoms with Gasteiger partial charge in [0.15, 0.2) is 0 Å². The lowest BCUT2D eigenvalue weighted by atomic mass is 9.94. The number of nitrogens with zero attached hydrogens (tertiary/aromatic N) is 2. The van der Waals surface area contributed by atoms with E-state index in [0.29, 0.717) is 6.54 Å². The fourth-order valence-corrected chi connectivity index (χ4v) is 2.50. The highest BCUT2D eigenvalue weighted by molar-refractivity contribution is 5.72. The van der Waals surface area contributed by atoms with Crippen molar-refractivity contribution in [1.29, 1.82) is 0 Å². The molecule has 0 spiro atoms. The van der Waals surface area contributed by atoms with Crippen molar-refractivity contribution in [3.05, 3.63) is 40.7 Å². The first kappa shape index (κ1) is 11.9. The molecule has 0 radical (unpaired) electrons. The summed E-state index contributed by atoms with van der Waals surface area (Å²) < 4.78 is 1.83. The van der Waals surface area contributed by atoms with E-state index in [-0.39, 0.29) is 0 Å². The molecule has 0 fully saturated rings. The number of aryl methyl sites for hydroxylation is 4. The fourth-order valence-electron chi connectivity index (χ4n) is 2.50. The van der Waals surface area contributed by atoms with Crippen LogP contribution in [0.15, 0.2) is 18.3 Å². The first-order chi connectivity index (χ1) is 8.02. The smallest absolute Gasteiger partial charge is 0.0838 e. The molecule has 3 nitrogen and oxygen atoms in total. The Kier molecular flexibility index (Phi) is 3.03. The third-order valence-electron chi connectivity index (χ3n) is 3.04. The lowest BCUT2D eigenvalue weighted by Crippen LogP contribution is -2.01. The number of rotatable bonds is 2. The van der Waals surface area contributed by atoms with E-state index in [1.165, 1.54) is 22.3 Å². The predicted molar refractivity (Wildman–Crippen MR) is 70.7 cm³/mol. The first-order valence-corrected chi connectivity index (χ1v) is 5.83. The van der Waals surface area contributed by atoms with Gasteiger partial charge >= 0.3 is 0 Å². The monoisotopic (exact) mass is 229 g/mol. The van der Waals surface area contributed by atoms with Crippen LogP contribution in [0.25, 0.3) is 11.1 Å². The van der Waals surface area contributed by atoms with Crippen molar-refractivity contribution in [2.45, 2.75) is 27.3 Å². The molecule has 90 valence electrons. The number of nitrogens with two attached hydrogens (primary N) is 1. The van der Waals surface area contributed by atoms with Crippen molar-refractivity contribution < 1.29 is 0 Å². The van der Waals surface area contributed by atoms with Crippen molar-refractivity contribution in [3.8, 4) is 11.1 Å². The van der Waals surface area contributed by atoms with Gasteiger partial charge < -0.3 is 5.73 Å². The summed E-state index contributed by atoms with van der Waals surface area (Å²) >= 11 is 0. The lowest BCUT2D eigenvalue weighted by Gasteiger charge is -2.10. The molecule has 3 heteroatoms. The van der Waals surface area contributed by atoms with Crippen LogP contribution in [-0.4, -0.2) is 9.78 Å². The molecule has 0 amide bonds. The van der Waals surface area contributed by atoms with Crippen LogP contribution in [-0.2, 0) is 13.6 Å². The van der Waals surface area contributed by atoms with E-state index >= 15 is 0 Å². The van der Waals surface area contributed by atoms with Crippen LogP contribution in [0.1, 0.15) is 22.4 Å². The van der Waals surface area contributed by atoms with Crippen molar-refractivity contribution in [2.75, 3.05) is 0 Å². The normalized spacial score (nSPS) is 10.9. The summed E-state index contributed by atoms with van der Waals surface area (Å²) in [6.07, 6.45) is 2.05. The topological polar surface area (TPSA) is 43.8 Å². The Bertz CT molecular complexity index is 530. The highest BCUT2D eigenvalue weighted by atomic mass is 15.3. The Morgan fingerprint density at radius 2 is 1.76 bits per heavy atom. The zero-order chi connectivity index (χ0) is 12.6. The predicted octanol–water partition coefficient (Wildman–Crippen LogP) is 2.47. The minimum Gasteiger partial charge on any atom is -0.325 e. The van der Waals surface area contributed by atoms with Crippen molar-refractivity contribution in [3.63, 3.8) is 0 Å². The quantitative estimate of drug-likeness (QED) is 0.859. The summed E-state index contributed by atoms with van der Waals surface area (Å²) in [5.74, 6) is 0. The molecule has 2 rings (SSSR count). The van der Waals surface area contributed by atoms with E-state index in [9.17, 15) is 0 Å². The number of hydrogen-bond donors (Lipinski definition) is 1. The zero-order valence-electron chi connectivity index (χ0n) is 10.9. The maximum Gasteiger partial charge on any atom is 0.0838 e. The fraction of sp³-hybridized carbons (Fsp3) is 0.357. The molecule has 0 bridgehead atoms. The van der Waals surface area contributed by atoms with Gasteiger partial charge in [0.2, 0.25) is 0 Å². The van der Waals surface area contributed by atoms with E-state index in [1.54, 1.807) is 0 Å². The molecule has 0 atom stereocenters. The Morgan fingerprint density at radius 1 is 1.18 bits per heavy atom. The molecule has 0 aliphatic heterocycles. The van der Waals surface area contributed by atoms with E-state index in [4.69, 9.17) is 5.73 Å². The first-order valence-electron chi connectivity index (χ1n) is 5.83. The van der Waals surface area contributed by atoms with Gasteiger partial charge in [-0.1, -0.05) is 17.7 Å². The average Bonchev–Trinajstić information content (AvgIpc) is 2.58. The van der Waals surface area contributed by atoms with Crippen molar-refractivity contribution in [2.24, 2.45) is 12.8 Å². The Morgan fingerprint density at radius 3 is 2.29 bits per heavy atom. The molecule has 1 aromatic heterocycles. The average molecular weight is 229 g/mol. The van der Waals surface area contributed by atoms with Crippen LogP contribution in [0, 0.1) is 20.8 Å². The molecule has 0 saturated carbocycles. The molecular weight excluding hydrogens is 210 g/mol. The molecular formula is C14H19N3. The number of benzene rings is 1. The second kappa shape index (κ2) is 4.34. The van der Waals surface area contributed by atoms with Crippen molar-refractivity contribution >= 4 is 0 Å². The van der Waals surface area contributed by atoms with Crippen LogP contribution < -0.4 is 5.73 Å². The van der Waals surface area contributed by atoms with Crippen LogP contribution in [0.3, 0.4) is 0 Å². The maximum atomic E-state index is 5.76. The Labute approximate surface area is 102 Å². The standard InChI is InChI=1S/C14H19N3/c1-9-5-10(2)14(11(3)6-9)12-8-17(4)16-13(12)7-15/h5-6,8H,7,15H2,1-4H3. The van der Waals surface area contributed by atoms with E-state index in [1.807, 2.05) is 17.9 Å². The second-order valence-corrected chi connectivity index (χ2v) is 4.64. The van der Waals surface area contributed by atoms with Gasteiger partial charge in [0, 0.05) is 25.4 Å². The largest absolute Gasteiger partial charge is 0.325 e. The summed E-state index contributed by atoms with van der Waals surface area (Å²) in [5.41, 5.74) is 13.0. The van der Waals surface area contributed by atoms with E-state index in [0.717, 1.165) is 11.3 Å². The molecule has 0 aliphatic carbocycles. The highest BCUT2D eigenvalue weighted by Crippen LogP contribution is 2.30. The van der Waals surface area contributed by atoms with Gasteiger partial charge in [-0.05, 0) is 37.5 Å². The number of aromatic nitrogens is 2. The van der Waals surface area contributed by atoms with Crippen LogP contribution in [0.2, 0.25) is 0 Å². The van der Waals surface area contributed by atoms with Crippen LogP contribution in [0.4, 0.5) is 0 Å². The summed E-state index contributed by atoms with van der Waals surface area (Å²) in [4.78, 5) is 0. The summed E-state index contributed by atoms with van der Waals surface area (Å²) in [7, 11) is 1.93. The minimum atomic E-state index is 0.475. The molecule has 2 aromatic rings. The second-order valence-electron chi connectivity index (χ2n) is 4.64. The highest BCUT2D eigenvalue weighted by Gasteiger charge is 2.13. The molecule has 1 heterocycles. The molecule has 2 N–H and O–H groups in total. The molecule has 1 aromatic carbocycles. The van der Waals surface area contributed by atoms with Gasteiger partial charge in [-0.3, -0.25) is 4.68 Å². The van der Waals surface area contributed by atoms with Crippen LogP contribution in [0.5, 0.6) is 0 Å². The van der Waals surface area contributed by atoms with Crippen molar-refractivity contribution in [1.82, 2.24) is 9.78 Å². The lowest BCUT2D eigenvalue weighted by molar-refractivity contribution is 0.742. The van der Waals surface area contributed by atoms with E-state index < -0.39 is 0 Å². The van der Waals surface area contributed by atoms with Crippen LogP contribution >= 0.6 is 0 Å². The Hall–Kier alpha value is -1.61. The summed E-state index contributed by atoms with van der Waals surface area (Å²) in [6, 6.07) is 4.41. The number of hydrogen-bond acceptors (Lipinski definition) is 2. The molecule has 0 unspecified atom stereocenters. The third kappa shape index (κ3) is 2.11. The molecule has 17 heavy (non-hydrogen) atoms. The summed E-state index contributed by atoms with van der Waals surface area (Å²) in [6.45, 7) is 6.88. The maximum absolute atomic E-state index is 5.76. The SMILES string of the molecule is Cc1cc(C)c(-c2cn(C)nc2CN)c(C)c1. The van der Waals surface area contributed by atoms with Gasteiger partial charge in [-0.25, -0.2) is 0 Å². The van der Waals surface area contributed by atoms with E-state index in [2.05, 4.69) is 38.0 Å². The van der Waals surface area contributed by atoms with Gasteiger partial charge in [-0.2, -0.15) is 5.10 Å². The molecule has 0 aliphatic rings. The Balaban J connectivity index is 2.67. The molecule has 0 saturated heterocycles.